The second kappa shape index (κ2) is 7.96. The van der Waals surface area contributed by atoms with Crippen molar-refractivity contribution in [1.29, 1.82) is 0 Å². The van der Waals surface area contributed by atoms with Crippen LogP contribution in [0.4, 0.5) is 5.69 Å². The normalized spacial score (nSPS) is 17.1. The summed E-state index contributed by atoms with van der Waals surface area (Å²) in [7, 11) is 1.52. The van der Waals surface area contributed by atoms with E-state index in [4.69, 9.17) is 4.42 Å². The highest BCUT2D eigenvalue weighted by molar-refractivity contribution is 6.09. The van der Waals surface area contributed by atoms with Gasteiger partial charge in [0.25, 0.3) is 5.91 Å². The van der Waals surface area contributed by atoms with Gasteiger partial charge in [-0.2, -0.15) is 0 Å². The number of oxazole rings is 1. The van der Waals surface area contributed by atoms with Gasteiger partial charge in [0.15, 0.2) is 11.2 Å². The average Bonchev–Trinajstić information content (AvgIpc) is 3.29. The molecule has 0 fully saturated rings. The Labute approximate surface area is 206 Å². The maximum Gasteiger partial charge on any atom is 0.419 e. The van der Waals surface area contributed by atoms with Crippen LogP contribution in [0.5, 0.6) is 5.75 Å². The molecule has 4 aromatic carbocycles. The number of amides is 1. The second-order valence-electron chi connectivity index (χ2n) is 8.91. The Morgan fingerprint density at radius 1 is 0.861 bits per heavy atom. The molecule has 0 saturated carbocycles. The first kappa shape index (κ1) is 21.9. The summed E-state index contributed by atoms with van der Waals surface area (Å²) in [5.74, 6) is -1.53. The van der Waals surface area contributed by atoms with Crippen LogP contribution in [-0.2, 0) is 24.0 Å². The number of aliphatic hydroxyl groups is 1. The monoisotopic (exact) mass is 478 g/mol. The number of carbonyl (C=O) groups excluding carboxylic acids is 1. The van der Waals surface area contributed by atoms with Crippen LogP contribution >= 0.6 is 0 Å². The Hall–Kier alpha value is -4.62. The van der Waals surface area contributed by atoms with Crippen LogP contribution in [0.1, 0.15) is 16.7 Å². The quantitative estimate of drug-likeness (QED) is 0.402. The van der Waals surface area contributed by atoms with Crippen molar-refractivity contribution >= 4 is 22.7 Å². The molecule has 0 spiro atoms. The summed E-state index contributed by atoms with van der Waals surface area (Å²) in [6.45, 7) is 0.219. The molecule has 6 rings (SSSR count). The van der Waals surface area contributed by atoms with E-state index in [1.54, 1.807) is 24.3 Å². The molecule has 7 nitrogen and oxygen atoms in total. The van der Waals surface area contributed by atoms with Gasteiger partial charge in [0.1, 0.15) is 5.75 Å². The lowest BCUT2D eigenvalue weighted by Crippen LogP contribution is -2.41. The van der Waals surface area contributed by atoms with Crippen molar-refractivity contribution in [3.8, 4) is 16.9 Å². The first-order valence-corrected chi connectivity index (χ1v) is 11.5. The number of fused-ring (bicyclic) bond motifs is 2. The number of nitrogens with zero attached hydrogens (tertiary/aromatic N) is 2. The van der Waals surface area contributed by atoms with E-state index >= 15 is 0 Å². The largest absolute Gasteiger partial charge is 0.507 e. The smallest absolute Gasteiger partial charge is 0.419 e. The maximum absolute atomic E-state index is 14.0. The van der Waals surface area contributed by atoms with Crippen LogP contribution in [0.2, 0.25) is 0 Å². The van der Waals surface area contributed by atoms with E-state index < -0.39 is 17.3 Å². The fourth-order valence-corrected chi connectivity index (χ4v) is 5.03. The summed E-state index contributed by atoms with van der Waals surface area (Å²) in [6.07, 6.45) is 0. The number of phenols is 1. The Bertz CT molecular complexity index is 1700. The van der Waals surface area contributed by atoms with Crippen molar-refractivity contribution in [2.24, 2.45) is 7.05 Å². The molecule has 7 heteroatoms. The third-order valence-corrected chi connectivity index (χ3v) is 6.87. The van der Waals surface area contributed by atoms with Gasteiger partial charge in [0.2, 0.25) is 0 Å². The first-order chi connectivity index (χ1) is 17.4. The topological polar surface area (TPSA) is 95.9 Å². The van der Waals surface area contributed by atoms with Crippen molar-refractivity contribution in [1.82, 2.24) is 4.57 Å². The molecule has 1 atom stereocenters. The molecule has 2 N–H and O–H groups in total. The summed E-state index contributed by atoms with van der Waals surface area (Å²) in [6, 6.07) is 27.4. The second-order valence-corrected chi connectivity index (χ2v) is 8.91. The van der Waals surface area contributed by atoms with Gasteiger partial charge in [-0.25, -0.2) is 4.79 Å². The molecule has 5 aromatic rings. The molecule has 1 amide bonds. The molecule has 0 saturated heterocycles. The minimum Gasteiger partial charge on any atom is -0.507 e. The highest BCUT2D eigenvalue weighted by atomic mass is 16.4. The zero-order valence-corrected chi connectivity index (χ0v) is 19.4. The van der Waals surface area contributed by atoms with Gasteiger partial charge in [-0.1, -0.05) is 72.8 Å². The Balaban J connectivity index is 1.50. The highest BCUT2D eigenvalue weighted by Gasteiger charge is 2.52. The number of aromatic hydroxyl groups is 1. The summed E-state index contributed by atoms with van der Waals surface area (Å²) in [5, 5.41) is 22.8. The molecule has 1 unspecified atom stereocenters. The molecule has 1 aliphatic heterocycles. The van der Waals surface area contributed by atoms with E-state index in [0.717, 1.165) is 16.7 Å². The molecule has 0 radical (unpaired) electrons. The number of hydrogen-bond acceptors (Lipinski definition) is 5. The zero-order valence-electron chi connectivity index (χ0n) is 19.4. The fourth-order valence-electron chi connectivity index (χ4n) is 5.03. The number of benzene rings is 4. The zero-order chi connectivity index (χ0) is 25.0. The van der Waals surface area contributed by atoms with E-state index in [-0.39, 0.29) is 23.4 Å². The summed E-state index contributed by atoms with van der Waals surface area (Å²) in [4.78, 5) is 27.5. The molecular formula is C29H22N2O5. The van der Waals surface area contributed by atoms with Crippen molar-refractivity contribution < 1.29 is 19.4 Å². The summed E-state index contributed by atoms with van der Waals surface area (Å²) in [5.41, 5.74) is 2.19. The molecular weight excluding hydrogens is 456 g/mol. The van der Waals surface area contributed by atoms with E-state index in [2.05, 4.69) is 0 Å². The van der Waals surface area contributed by atoms with Crippen LogP contribution in [0, 0.1) is 0 Å². The lowest BCUT2D eigenvalue weighted by Gasteiger charge is -2.25. The number of para-hydroxylation sites is 1. The van der Waals surface area contributed by atoms with Crippen LogP contribution in [0.25, 0.3) is 22.2 Å². The van der Waals surface area contributed by atoms with Gasteiger partial charge in [-0.15, -0.1) is 0 Å². The molecule has 2 heterocycles. The summed E-state index contributed by atoms with van der Waals surface area (Å²) >= 11 is 0. The number of aromatic nitrogens is 1. The Morgan fingerprint density at radius 2 is 1.56 bits per heavy atom. The molecule has 36 heavy (non-hydrogen) atoms. The van der Waals surface area contributed by atoms with Crippen LogP contribution < -0.4 is 10.7 Å². The fraction of sp³-hybridized carbons (Fsp3) is 0.103. The number of carbonyl (C=O) groups is 1. The Morgan fingerprint density at radius 3 is 2.36 bits per heavy atom. The number of anilines is 1. The minimum atomic E-state index is -2.15. The van der Waals surface area contributed by atoms with Gasteiger partial charge in [-0.05, 0) is 28.8 Å². The van der Waals surface area contributed by atoms with Gasteiger partial charge in [0, 0.05) is 24.2 Å². The van der Waals surface area contributed by atoms with Gasteiger partial charge in [0.05, 0.1) is 17.7 Å². The maximum atomic E-state index is 14.0. The lowest BCUT2D eigenvalue weighted by atomic mass is 9.86. The third kappa shape index (κ3) is 3.10. The van der Waals surface area contributed by atoms with Crippen LogP contribution in [0.15, 0.2) is 100 Å². The van der Waals surface area contributed by atoms with Gasteiger partial charge < -0.3 is 19.5 Å². The van der Waals surface area contributed by atoms with Crippen molar-refractivity contribution in [2.45, 2.75) is 12.1 Å². The van der Waals surface area contributed by atoms with Crippen molar-refractivity contribution in [3.63, 3.8) is 0 Å². The molecule has 0 bridgehead atoms. The van der Waals surface area contributed by atoms with E-state index in [0.29, 0.717) is 16.8 Å². The SMILES string of the molecule is Cn1c(=O)oc2cc(O)c(C3(O)C(=O)N(Cc4ccccc4-c4ccccc4)c4ccccc43)cc21. The first-order valence-electron chi connectivity index (χ1n) is 11.5. The Kier molecular flexibility index (Phi) is 4.84. The predicted octanol–water partition coefficient (Wildman–Crippen LogP) is 4.29. The van der Waals surface area contributed by atoms with Crippen LogP contribution in [-0.4, -0.2) is 20.7 Å². The molecule has 0 aliphatic carbocycles. The van der Waals surface area contributed by atoms with Crippen molar-refractivity contribution in [3.05, 3.63) is 118 Å². The number of rotatable bonds is 4. The third-order valence-electron chi connectivity index (χ3n) is 6.87. The number of hydrogen-bond donors (Lipinski definition) is 2. The van der Waals surface area contributed by atoms with E-state index in [9.17, 15) is 19.8 Å². The molecule has 1 aliphatic rings. The standard InChI is InChI=1S/C29H22N2O5/c1-30-24-15-22(25(32)16-26(24)36-28(30)34)29(35)21-13-7-8-14-23(21)31(27(29)33)17-19-11-5-6-12-20(19)18-9-3-2-4-10-18/h2-16,32,35H,17H2,1H3. The number of aryl methyl sites for hydroxylation is 1. The molecule has 1 aromatic heterocycles. The van der Waals surface area contributed by atoms with Crippen LogP contribution in [0.3, 0.4) is 0 Å². The summed E-state index contributed by atoms with van der Waals surface area (Å²) < 4.78 is 6.42. The number of phenolic OH excluding ortho intramolecular Hbond substituents is 1. The van der Waals surface area contributed by atoms with E-state index in [1.807, 2.05) is 54.6 Å². The van der Waals surface area contributed by atoms with Gasteiger partial charge >= 0.3 is 5.76 Å². The minimum absolute atomic E-state index is 0.0114. The predicted molar refractivity (Wildman–Crippen MR) is 136 cm³/mol. The lowest BCUT2D eigenvalue weighted by molar-refractivity contribution is -0.132. The molecule has 178 valence electrons. The average molecular weight is 479 g/mol. The van der Waals surface area contributed by atoms with Gasteiger partial charge in [-0.3, -0.25) is 9.36 Å². The van der Waals surface area contributed by atoms with E-state index in [1.165, 1.54) is 28.6 Å². The highest BCUT2D eigenvalue weighted by Crippen LogP contribution is 2.48. The van der Waals surface area contributed by atoms with Crippen molar-refractivity contribution in [2.75, 3.05) is 4.90 Å².